The molecule has 1 saturated heterocycles. The predicted octanol–water partition coefficient (Wildman–Crippen LogP) is 4.59. The zero-order valence-electron chi connectivity index (χ0n) is 16.7. The average Bonchev–Trinajstić information content (AvgIpc) is 3.05. The molecule has 0 bridgehead atoms. The molecule has 0 saturated carbocycles. The van der Waals surface area contributed by atoms with Crippen LogP contribution in [0.1, 0.15) is 22.7 Å². The SMILES string of the molecule is O=C(O)Cc1ccc(N2C(=O)C(=O)/C(=C(\O)c3cccc(Cl)c3)C2c2ccccc2)cc1. The zero-order valence-corrected chi connectivity index (χ0v) is 17.5. The molecule has 1 unspecified atom stereocenters. The fraction of sp³-hybridized carbons (Fsp3) is 0.0800. The lowest BCUT2D eigenvalue weighted by molar-refractivity contribution is -0.136. The number of anilines is 1. The van der Waals surface area contributed by atoms with Crippen LogP contribution < -0.4 is 4.90 Å². The van der Waals surface area contributed by atoms with Gasteiger partial charge in [0.1, 0.15) is 5.76 Å². The number of nitrogens with zero attached hydrogens (tertiary/aromatic N) is 1. The zero-order chi connectivity index (χ0) is 22.8. The number of aliphatic carboxylic acids is 1. The number of carboxylic acid groups (broad SMARTS) is 1. The molecule has 1 fully saturated rings. The average molecular weight is 448 g/mol. The Kier molecular flexibility index (Phi) is 5.79. The van der Waals surface area contributed by atoms with E-state index in [2.05, 4.69) is 0 Å². The maximum absolute atomic E-state index is 13.1. The monoisotopic (exact) mass is 447 g/mol. The highest BCUT2D eigenvalue weighted by molar-refractivity contribution is 6.51. The van der Waals surface area contributed by atoms with Crippen molar-refractivity contribution in [3.05, 3.63) is 106 Å². The van der Waals surface area contributed by atoms with Crippen LogP contribution in [-0.2, 0) is 20.8 Å². The summed E-state index contributed by atoms with van der Waals surface area (Å²) in [6.45, 7) is 0. The van der Waals surface area contributed by atoms with E-state index < -0.39 is 23.7 Å². The molecule has 1 atom stereocenters. The minimum atomic E-state index is -0.969. The summed E-state index contributed by atoms with van der Waals surface area (Å²) in [4.78, 5) is 38.4. The van der Waals surface area contributed by atoms with Gasteiger partial charge < -0.3 is 10.2 Å². The predicted molar refractivity (Wildman–Crippen MR) is 120 cm³/mol. The molecule has 7 heteroatoms. The molecule has 32 heavy (non-hydrogen) atoms. The van der Waals surface area contributed by atoms with Crippen LogP contribution in [-0.4, -0.2) is 27.9 Å². The van der Waals surface area contributed by atoms with Gasteiger partial charge in [-0.25, -0.2) is 0 Å². The van der Waals surface area contributed by atoms with Crippen LogP contribution in [0.25, 0.3) is 5.76 Å². The number of ketones is 1. The van der Waals surface area contributed by atoms with E-state index in [0.29, 0.717) is 27.4 Å². The molecule has 4 rings (SSSR count). The van der Waals surface area contributed by atoms with Gasteiger partial charge in [-0.1, -0.05) is 66.2 Å². The van der Waals surface area contributed by atoms with Gasteiger partial charge in [0.2, 0.25) is 0 Å². The van der Waals surface area contributed by atoms with Crippen molar-refractivity contribution < 1.29 is 24.6 Å². The number of carbonyl (C=O) groups is 3. The Balaban J connectivity index is 1.87. The van der Waals surface area contributed by atoms with Gasteiger partial charge in [-0.3, -0.25) is 19.3 Å². The number of benzene rings is 3. The summed E-state index contributed by atoms with van der Waals surface area (Å²) in [6, 6.07) is 20.9. The summed E-state index contributed by atoms with van der Waals surface area (Å²) < 4.78 is 0. The van der Waals surface area contributed by atoms with Crippen LogP contribution in [0.5, 0.6) is 0 Å². The Morgan fingerprint density at radius 2 is 1.59 bits per heavy atom. The quantitative estimate of drug-likeness (QED) is 0.339. The van der Waals surface area contributed by atoms with Gasteiger partial charge in [0.15, 0.2) is 0 Å². The summed E-state index contributed by atoms with van der Waals surface area (Å²) in [5, 5.41) is 20.4. The van der Waals surface area contributed by atoms with Gasteiger partial charge in [-0.2, -0.15) is 0 Å². The summed E-state index contributed by atoms with van der Waals surface area (Å²) in [7, 11) is 0. The van der Waals surface area contributed by atoms with Crippen LogP contribution in [0.15, 0.2) is 84.4 Å². The summed E-state index contributed by atoms with van der Waals surface area (Å²) >= 11 is 6.05. The standard InChI is InChI=1S/C25H18ClNO5/c26-18-8-4-7-17(14-18)23(30)21-22(16-5-2-1-3-6-16)27(25(32)24(21)31)19-11-9-15(10-12-19)13-20(28)29/h1-12,14,22,30H,13H2,(H,28,29)/b23-21-. The van der Waals surface area contributed by atoms with E-state index in [1.807, 2.05) is 6.07 Å². The first-order valence-electron chi connectivity index (χ1n) is 9.79. The Bertz CT molecular complexity index is 1230. The van der Waals surface area contributed by atoms with Crippen LogP contribution in [0.3, 0.4) is 0 Å². The molecule has 1 amide bonds. The number of hydrogen-bond donors (Lipinski definition) is 2. The van der Waals surface area contributed by atoms with E-state index in [9.17, 15) is 19.5 Å². The minimum absolute atomic E-state index is 0.0434. The normalized spacial score (nSPS) is 17.5. The van der Waals surface area contributed by atoms with E-state index in [0.717, 1.165) is 0 Å². The van der Waals surface area contributed by atoms with Crippen LogP contribution >= 0.6 is 11.6 Å². The van der Waals surface area contributed by atoms with E-state index in [4.69, 9.17) is 16.7 Å². The number of Topliss-reactive ketones (excluding diaryl/α,β-unsaturated/α-hetero) is 1. The number of aliphatic hydroxyl groups is 1. The fourth-order valence-corrected chi connectivity index (χ4v) is 3.98. The van der Waals surface area contributed by atoms with Crippen molar-refractivity contribution in [3.63, 3.8) is 0 Å². The molecule has 2 N–H and O–H groups in total. The van der Waals surface area contributed by atoms with Crippen LogP contribution in [0, 0.1) is 0 Å². The highest BCUT2D eigenvalue weighted by Crippen LogP contribution is 2.42. The first kappa shape index (κ1) is 21.3. The van der Waals surface area contributed by atoms with Crippen molar-refractivity contribution in [1.29, 1.82) is 0 Å². The molecule has 160 valence electrons. The Morgan fingerprint density at radius 3 is 2.22 bits per heavy atom. The van der Waals surface area contributed by atoms with Crippen LogP contribution in [0.2, 0.25) is 5.02 Å². The van der Waals surface area contributed by atoms with E-state index in [-0.39, 0.29) is 17.8 Å². The molecule has 3 aromatic carbocycles. The Labute approximate surface area is 189 Å². The summed E-state index contributed by atoms with van der Waals surface area (Å²) in [6.07, 6.45) is -0.157. The second-order valence-electron chi connectivity index (χ2n) is 7.33. The first-order chi connectivity index (χ1) is 15.4. The first-order valence-corrected chi connectivity index (χ1v) is 10.2. The van der Waals surface area contributed by atoms with Gasteiger partial charge in [0.25, 0.3) is 11.7 Å². The molecule has 1 aliphatic heterocycles. The number of rotatable bonds is 5. The van der Waals surface area contributed by atoms with E-state index >= 15 is 0 Å². The van der Waals surface area contributed by atoms with Gasteiger partial charge in [0, 0.05) is 16.3 Å². The van der Waals surface area contributed by atoms with Gasteiger partial charge >= 0.3 is 5.97 Å². The number of amides is 1. The van der Waals surface area contributed by atoms with Gasteiger partial charge in [0.05, 0.1) is 18.0 Å². The highest BCUT2D eigenvalue weighted by atomic mass is 35.5. The molecule has 0 spiro atoms. The fourth-order valence-electron chi connectivity index (χ4n) is 3.79. The van der Waals surface area contributed by atoms with Crippen LogP contribution in [0.4, 0.5) is 5.69 Å². The minimum Gasteiger partial charge on any atom is -0.507 e. The van der Waals surface area contributed by atoms with E-state index in [1.54, 1.807) is 66.7 Å². The topological polar surface area (TPSA) is 94.9 Å². The second-order valence-corrected chi connectivity index (χ2v) is 7.76. The van der Waals surface area contributed by atoms with Crippen molar-refractivity contribution in [2.24, 2.45) is 0 Å². The maximum atomic E-state index is 13.1. The summed E-state index contributed by atoms with van der Waals surface area (Å²) in [5.41, 5.74) is 1.91. The maximum Gasteiger partial charge on any atom is 0.307 e. The molecule has 1 heterocycles. The molecule has 0 radical (unpaired) electrons. The molecular weight excluding hydrogens is 430 g/mol. The lowest BCUT2D eigenvalue weighted by atomic mass is 9.95. The lowest BCUT2D eigenvalue weighted by Crippen LogP contribution is -2.29. The molecular formula is C25H18ClNO5. The molecule has 6 nitrogen and oxygen atoms in total. The van der Waals surface area contributed by atoms with Gasteiger partial charge in [-0.05, 0) is 35.4 Å². The third-order valence-electron chi connectivity index (χ3n) is 5.23. The van der Waals surface area contributed by atoms with Crippen molar-refractivity contribution in [1.82, 2.24) is 0 Å². The van der Waals surface area contributed by atoms with Crippen molar-refractivity contribution >= 4 is 40.7 Å². The third-order valence-corrected chi connectivity index (χ3v) is 5.46. The number of halogens is 1. The second kappa shape index (κ2) is 8.69. The Hall–Kier alpha value is -3.90. The highest BCUT2D eigenvalue weighted by Gasteiger charge is 2.46. The van der Waals surface area contributed by atoms with Crippen molar-refractivity contribution in [3.8, 4) is 0 Å². The molecule has 3 aromatic rings. The molecule has 0 aromatic heterocycles. The molecule has 0 aliphatic carbocycles. The number of carbonyl (C=O) groups excluding carboxylic acids is 2. The largest absolute Gasteiger partial charge is 0.507 e. The van der Waals surface area contributed by atoms with Gasteiger partial charge in [-0.15, -0.1) is 0 Å². The number of aliphatic hydroxyl groups excluding tert-OH is 1. The van der Waals surface area contributed by atoms with E-state index in [1.165, 1.54) is 11.0 Å². The smallest absolute Gasteiger partial charge is 0.307 e. The van der Waals surface area contributed by atoms with Crippen molar-refractivity contribution in [2.45, 2.75) is 12.5 Å². The number of hydrogen-bond acceptors (Lipinski definition) is 4. The lowest BCUT2D eigenvalue weighted by Gasteiger charge is -2.25. The summed E-state index contributed by atoms with van der Waals surface area (Å²) in [5.74, 6) is -2.88. The Morgan fingerprint density at radius 1 is 0.906 bits per heavy atom. The third kappa shape index (κ3) is 4.00. The number of carboxylic acids is 1. The van der Waals surface area contributed by atoms with Crippen molar-refractivity contribution in [2.75, 3.05) is 4.90 Å². The molecule has 1 aliphatic rings.